The van der Waals surface area contributed by atoms with Crippen molar-refractivity contribution in [2.24, 2.45) is 0 Å². The smallest absolute Gasteiger partial charge is 0.345 e. The summed E-state index contributed by atoms with van der Waals surface area (Å²) in [4.78, 5) is 24.1. The second-order valence-electron chi connectivity index (χ2n) is 6.03. The highest BCUT2D eigenvalue weighted by Gasteiger charge is 2.16. The van der Waals surface area contributed by atoms with Crippen LogP contribution in [0.3, 0.4) is 0 Å². The monoisotopic (exact) mass is 404 g/mol. The van der Waals surface area contributed by atoms with Gasteiger partial charge in [-0.15, -0.1) is 0 Å². The molecule has 132 valence electrons. The summed E-state index contributed by atoms with van der Waals surface area (Å²) < 4.78 is 4.23. The molecule has 0 atom stereocenters. The Bertz CT molecular complexity index is 838. The van der Waals surface area contributed by atoms with Gasteiger partial charge in [-0.2, -0.15) is 5.10 Å². The van der Waals surface area contributed by atoms with Crippen LogP contribution in [0.15, 0.2) is 39.6 Å². The summed E-state index contributed by atoms with van der Waals surface area (Å²) in [5.41, 5.74) is 0.919. The largest absolute Gasteiger partial charge is 0.352 e. The molecule has 2 heterocycles. The minimum absolute atomic E-state index is 0.0325. The molecule has 1 amide bonds. The zero-order valence-electron chi connectivity index (χ0n) is 13.9. The Morgan fingerprint density at radius 2 is 2.16 bits per heavy atom. The maximum absolute atomic E-state index is 12.2. The van der Waals surface area contributed by atoms with Crippen molar-refractivity contribution in [3.05, 3.63) is 56.7 Å². The molecular weight excluding hydrogens is 384 g/mol. The van der Waals surface area contributed by atoms with Gasteiger partial charge >= 0.3 is 5.69 Å². The van der Waals surface area contributed by atoms with Crippen molar-refractivity contribution < 1.29 is 4.79 Å². The highest BCUT2D eigenvalue weighted by atomic mass is 79.9. The van der Waals surface area contributed by atoms with Gasteiger partial charge in [0.2, 0.25) is 5.91 Å². The van der Waals surface area contributed by atoms with Gasteiger partial charge in [-0.05, 0) is 37.0 Å². The number of nitrogens with zero attached hydrogens (tertiary/aromatic N) is 3. The van der Waals surface area contributed by atoms with Gasteiger partial charge in [0.05, 0.1) is 0 Å². The minimum Gasteiger partial charge on any atom is -0.352 e. The zero-order chi connectivity index (χ0) is 17.6. The second kappa shape index (κ2) is 8.29. The van der Waals surface area contributed by atoms with Crippen molar-refractivity contribution in [1.82, 2.24) is 19.7 Å². The molecule has 0 bridgehead atoms. The average Bonchev–Trinajstić information content (AvgIpc) is 2.94. The van der Waals surface area contributed by atoms with E-state index in [1.54, 1.807) is 10.6 Å². The number of carbonyl (C=O) groups excluding carboxylic acids is 1. The Hall–Kier alpha value is -2.15. The fourth-order valence-corrected chi connectivity index (χ4v) is 3.29. The van der Waals surface area contributed by atoms with Crippen molar-refractivity contribution in [2.75, 3.05) is 6.54 Å². The second-order valence-corrected chi connectivity index (χ2v) is 6.88. The Morgan fingerprint density at radius 3 is 2.96 bits per heavy atom. The van der Waals surface area contributed by atoms with Gasteiger partial charge < -0.3 is 5.32 Å². The van der Waals surface area contributed by atoms with Crippen LogP contribution in [0.5, 0.6) is 0 Å². The Morgan fingerprint density at radius 1 is 1.32 bits per heavy atom. The Kier molecular flexibility index (Phi) is 5.86. The maximum Gasteiger partial charge on any atom is 0.345 e. The van der Waals surface area contributed by atoms with Gasteiger partial charge in [0.25, 0.3) is 0 Å². The van der Waals surface area contributed by atoms with E-state index in [0.29, 0.717) is 19.5 Å². The third kappa shape index (κ3) is 4.48. The summed E-state index contributed by atoms with van der Waals surface area (Å²) in [6.45, 7) is 1.80. The SMILES string of the molecule is O=C(/C=C/c1ccccc1Br)NCCCn1nc2n(c1=O)CCCC2. The van der Waals surface area contributed by atoms with E-state index in [9.17, 15) is 9.59 Å². The number of fused-ring (bicyclic) bond motifs is 1. The molecule has 25 heavy (non-hydrogen) atoms. The molecule has 3 rings (SSSR count). The number of benzene rings is 1. The first-order valence-electron chi connectivity index (χ1n) is 8.52. The Labute approximate surface area is 154 Å². The predicted octanol–water partition coefficient (Wildman–Crippen LogP) is 2.36. The number of amides is 1. The molecule has 7 heteroatoms. The number of nitrogens with one attached hydrogen (secondary N) is 1. The molecule has 0 saturated carbocycles. The lowest BCUT2D eigenvalue weighted by Gasteiger charge is -2.09. The fraction of sp³-hybridized carbons (Fsp3) is 0.389. The quantitative estimate of drug-likeness (QED) is 0.593. The predicted molar refractivity (Wildman–Crippen MR) is 100 cm³/mol. The zero-order valence-corrected chi connectivity index (χ0v) is 15.5. The van der Waals surface area contributed by atoms with Crippen LogP contribution in [-0.4, -0.2) is 26.8 Å². The van der Waals surface area contributed by atoms with E-state index < -0.39 is 0 Å². The van der Waals surface area contributed by atoms with Gasteiger partial charge in [0, 0.05) is 36.6 Å². The standard InChI is InChI=1S/C18H21BrN4O2/c19-15-7-2-1-6-14(15)9-10-17(24)20-11-5-13-23-18(25)22-12-4-3-8-16(22)21-23/h1-2,6-7,9-10H,3-5,8,11-13H2,(H,20,24)/b10-9+. The van der Waals surface area contributed by atoms with Gasteiger partial charge in [-0.1, -0.05) is 34.1 Å². The number of rotatable bonds is 6. The first-order valence-corrected chi connectivity index (χ1v) is 9.31. The van der Waals surface area contributed by atoms with Crippen molar-refractivity contribution in [3.63, 3.8) is 0 Å². The molecule has 1 aromatic carbocycles. The molecule has 0 aliphatic carbocycles. The first kappa shape index (κ1) is 17.7. The molecule has 6 nitrogen and oxygen atoms in total. The molecule has 0 saturated heterocycles. The summed E-state index contributed by atoms with van der Waals surface area (Å²) in [7, 11) is 0. The number of halogens is 1. The first-order chi connectivity index (χ1) is 12.1. The van der Waals surface area contributed by atoms with E-state index in [2.05, 4.69) is 26.3 Å². The molecule has 1 aliphatic rings. The lowest BCUT2D eigenvalue weighted by molar-refractivity contribution is -0.116. The fourth-order valence-electron chi connectivity index (χ4n) is 2.87. The summed E-state index contributed by atoms with van der Waals surface area (Å²) in [6.07, 6.45) is 6.97. The van der Waals surface area contributed by atoms with Gasteiger partial charge in [0.1, 0.15) is 5.82 Å². The van der Waals surface area contributed by atoms with E-state index in [-0.39, 0.29) is 11.6 Å². The average molecular weight is 405 g/mol. The molecule has 0 radical (unpaired) electrons. The highest BCUT2D eigenvalue weighted by Crippen LogP contribution is 2.16. The Balaban J connectivity index is 1.46. The summed E-state index contributed by atoms with van der Waals surface area (Å²) >= 11 is 3.44. The van der Waals surface area contributed by atoms with Crippen molar-refractivity contribution in [3.8, 4) is 0 Å². The van der Waals surface area contributed by atoms with E-state index >= 15 is 0 Å². The minimum atomic E-state index is -0.146. The molecule has 1 aliphatic heterocycles. The maximum atomic E-state index is 12.2. The van der Waals surface area contributed by atoms with Gasteiger partial charge in [-0.25, -0.2) is 9.48 Å². The van der Waals surface area contributed by atoms with Crippen LogP contribution in [0, 0.1) is 0 Å². The molecular formula is C18H21BrN4O2. The molecule has 2 aromatic rings. The van der Waals surface area contributed by atoms with Crippen LogP contribution in [0.4, 0.5) is 0 Å². The number of aryl methyl sites for hydroxylation is 2. The van der Waals surface area contributed by atoms with Crippen LogP contribution in [0.1, 0.15) is 30.7 Å². The number of hydrogen-bond donors (Lipinski definition) is 1. The van der Waals surface area contributed by atoms with Crippen molar-refractivity contribution in [2.45, 2.75) is 38.8 Å². The highest BCUT2D eigenvalue weighted by molar-refractivity contribution is 9.10. The van der Waals surface area contributed by atoms with Gasteiger partial charge in [-0.3, -0.25) is 9.36 Å². The third-order valence-electron chi connectivity index (χ3n) is 4.20. The van der Waals surface area contributed by atoms with Crippen LogP contribution in [-0.2, 0) is 24.3 Å². The number of carbonyl (C=O) groups is 1. The van der Waals surface area contributed by atoms with Crippen molar-refractivity contribution >= 4 is 27.9 Å². The van der Waals surface area contributed by atoms with Crippen LogP contribution in [0.2, 0.25) is 0 Å². The van der Waals surface area contributed by atoms with Crippen LogP contribution < -0.4 is 11.0 Å². The van der Waals surface area contributed by atoms with E-state index in [4.69, 9.17) is 0 Å². The summed E-state index contributed by atoms with van der Waals surface area (Å²) in [5.74, 6) is 0.740. The molecule has 0 unspecified atom stereocenters. The number of hydrogen-bond acceptors (Lipinski definition) is 3. The topological polar surface area (TPSA) is 68.9 Å². The van der Waals surface area contributed by atoms with E-state index in [0.717, 1.165) is 41.7 Å². The summed E-state index contributed by atoms with van der Waals surface area (Å²) in [5, 5.41) is 7.22. The molecule has 0 spiro atoms. The van der Waals surface area contributed by atoms with Crippen LogP contribution in [0.25, 0.3) is 6.08 Å². The van der Waals surface area contributed by atoms with E-state index in [1.807, 2.05) is 24.3 Å². The molecule has 1 aromatic heterocycles. The molecule has 0 fully saturated rings. The van der Waals surface area contributed by atoms with Crippen molar-refractivity contribution in [1.29, 1.82) is 0 Å². The van der Waals surface area contributed by atoms with Gasteiger partial charge in [0.15, 0.2) is 0 Å². The third-order valence-corrected chi connectivity index (χ3v) is 4.92. The lowest BCUT2D eigenvalue weighted by atomic mass is 10.2. The number of aromatic nitrogens is 3. The van der Waals surface area contributed by atoms with E-state index in [1.165, 1.54) is 10.8 Å². The lowest BCUT2D eigenvalue weighted by Crippen LogP contribution is -2.28. The summed E-state index contributed by atoms with van der Waals surface area (Å²) in [6, 6.07) is 7.71. The van der Waals surface area contributed by atoms with Crippen LogP contribution >= 0.6 is 15.9 Å². The normalized spacial score (nSPS) is 13.8. The molecule has 1 N–H and O–H groups in total.